The van der Waals surface area contributed by atoms with Gasteiger partial charge < -0.3 is 10.4 Å². The molecule has 0 radical (unpaired) electrons. The molecule has 0 aromatic heterocycles. The molecule has 1 saturated carbocycles. The predicted molar refractivity (Wildman–Crippen MR) is 66.7 cm³/mol. The monoisotopic (exact) mass is 257 g/mol. The second kappa shape index (κ2) is 4.23. The summed E-state index contributed by atoms with van der Waals surface area (Å²) in [4.78, 5) is 0. The van der Waals surface area contributed by atoms with E-state index in [2.05, 4.69) is 12.2 Å². The van der Waals surface area contributed by atoms with Gasteiger partial charge in [-0.15, -0.1) is 12.4 Å². The van der Waals surface area contributed by atoms with Crippen molar-refractivity contribution in [2.75, 3.05) is 0 Å². The highest BCUT2D eigenvalue weighted by atomic mass is 35.5. The summed E-state index contributed by atoms with van der Waals surface area (Å²) in [6.45, 7) is 2.16. The molecule has 2 atom stereocenters. The minimum Gasteiger partial charge on any atom is -0.387 e. The van der Waals surface area contributed by atoms with Crippen LogP contribution in [0.2, 0.25) is 0 Å². The SMILES string of the molecule is CC12CC(C1)[C@H](C(O)c1ccccc1F)N2.Cl. The van der Waals surface area contributed by atoms with Crippen molar-refractivity contribution in [2.45, 2.75) is 37.5 Å². The zero-order valence-electron chi connectivity index (χ0n) is 9.69. The van der Waals surface area contributed by atoms with Gasteiger partial charge in [-0.3, -0.25) is 0 Å². The van der Waals surface area contributed by atoms with Crippen LogP contribution in [0.25, 0.3) is 0 Å². The normalized spacial score (nSPS) is 35.9. The molecule has 3 fully saturated rings. The Morgan fingerprint density at radius 1 is 1.41 bits per heavy atom. The molecule has 4 heteroatoms. The number of benzene rings is 1. The smallest absolute Gasteiger partial charge is 0.129 e. The Morgan fingerprint density at radius 3 is 2.59 bits per heavy atom. The van der Waals surface area contributed by atoms with Gasteiger partial charge in [0.25, 0.3) is 0 Å². The van der Waals surface area contributed by atoms with E-state index in [1.54, 1.807) is 18.2 Å². The van der Waals surface area contributed by atoms with Crippen LogP contribution in [0.3, 0.4) is 0 Å². The maximum absolute atomic E-state index is 13.5. The number of aliphatic hydroxyl groups is 1. The predicted octanol–water partition coefficient (Wildman–Crippen LogP) is 2.42. The third-order valence-corrected chi connectivity index (χ3v) is 4.01. The first-order chi connectivity index (χ1) is 7.59. The van der Waals surface area contributed by atoms with Crippen LogP contribution in [-0.2, 0) is 0 Å². The van der Waals surface area contributed by atoms with Crippen LogP contribution in [-0.4, -0.2) is 16.7 Å². The lowest BCUT2D eigenvalue weighted by Crippen LogP contribution is -2.40. The van der Waals surface area contributed by atoms with Gasteiger partial charge in [-0.2, -0.15) is 0 Å². The van der Waals surface area contributed by atoms with Crippen LogP contribution >= 0.6 is 12.4 Å². The van der Waals surface area contributed by atoms with Gasteiger partial charge >= 0.3 is 0 Å². The first kappa shape index (κ1) is 12.8. The highest BCUT2D eigenvalue weighted by Crippen LogP contribution is 2.50. The first-order valence-electron chi connectivity index (χ1n) is 5.79. The standard InChI is InChI=1S/C13H16FNO.ClH/c1-13-6-8(7-13)11(15-13)12(16)9-4-2-3-5-10(9)14;/h2-5,8,11-12,15-16H,6-7H2,1H3;1H/t8?,11-,12?,13?;/m1./s1. The average Bonchev–Trinajstić information content (AvgIpc) is 2.71. The van der Waals surface area contributed by atoms with Gasteiger partial charge in [0.2, 0.25) is 0 Å². The maximum Gasteiger partial charge on any atom is 0.129 e. The molecule has 3 aliphatic rings. The summed E-state index contributed by atoms with van der Waals surface area (Å²) in [6, 6.07) is 6.50. The lowest BCUT2D eigenvalue weighted by atomic mass is 9.72. The van der Waals surface area contributed by atoms with Gasteiger partial charge in [0.1, 0.15) is 5.82 Å². The Bertz CT molecular complexity index is 420. The molecule has 4 rings (SSSR count). The van der Waals surface area contributed by atoms with E-state index < -0.39 is 6.10 Å². The fourth-order valence-electron chi connectivity index (χ4n) is 3.23. The van der Waals surface area contributed by atoms with E-state index in [0.717, 1.165) is 12.8 Å². The molecular weight excluding hydrogens is 241 g/mol. The molecule has 1 aliphatic carbocycles. The number of nitrogens with one attached hydrogen (secondary N) is 1. The topological polar surface area (TPSA) is 32.3 Å². The Balaban J connectivity index is 0.00000108. The van der Waals surface area contributed by atoms with E-state index in [1.807, 2.05) is 0 Å². The molecule has 2 bridgehead atoms. The van der Waals surface area contributed by atoms with Crippen molar-refractivity contribution in [3.63, 3.8) is 0 Å². The van der Waals surface area contributed by atoms with E-state index in [1.165, 1.54) is 6.07 Å². The largest absolute Gasteiger partial charge is 0.387 e. The summed E-state index contributed by atoms with van der Waals surface area (Å²) in [7, 11) is 0. The Hall–Kier alpha value is -0.640. The fourth-order valence-corrected chi connectivity index (χ4v) is 3.23. The quantitative estimate of drug-likeness (QED) is 0.853. The molecule has 0 spiro atoms. The van der Waals surface area contributed by atoms with Crippen molar-refractivity contribution in [3.8, 4) is 0 Å². The van der Waals surface area contributed by atoms with Crippen LogP contribution in [0.5, 0.6) is 0 Å². The zero-order valence-corrected chi connectivity index (χ0v) is 10.5. The summed E-state index contributed by atoms with van der Waals surface area (Å²) in [6.07, 6.45) is 1.47. The van der Waals surface area contributed by atoms with Crippen molar-refractivity contribution in [1.29, 1.82) is 0 Å². The Morgan fingerprint density at radius 2 is 2.06 bits per heavy atom. The molecule has 2 saturated heterocycles. The molecule has 2 N–H and O–H groups in total. The van der Waals surface area contributed by atoms with E-state index in [4.69, 9.17) is 0 Å². The van der Waals surface area contributed by atoms with Crippen molar-refractivity contribution in [1.82, 2.24) is 5.32 Å². The van der Waals surface area contributed by atoms with Crippen LogP contribution in [0.4, 0.5) is 4.39 Å². The van der Waals surface area contributed by atoms with Crippen LogP contribution in [0.15, 0.2) is 24.3 Å². The van der Waals surface area contributed by atoms with Gasteiger partial charge in [-0.1, -0.05) is 18.2 Å². The third kappa shape index (κ3) is 1.96. The van der Waals surface area contributed by atoms with Crippen molar-refractivity contribution in [3.05, 3.63) is 35.6 Å². The third-order valence-electron chi connectivity index (χ3n) is 4.01. The van der Waals surface area contributed by atoms with Crippen molar-refractivity contribution >= 4 is 12.4 Å². The van der Waals surface area contributed by atoms with Gasteiger partial charge in [0, 0.05) is 17.1 Å². The number of fused-ring (bicyclic) bond motifs is 1. The molecular formula is C13H17ClFNO. The van der Waals surface area contributed by atoms with Crippen molar-refractivity contribution < 1.29 is 9.50 Å². The van der Waals surface area contributed by atoms with E-state index in [9.17, 15) is 9.50 Å². The molecule has 17 heavy (non-hydrogen) atoms. The van der Waals surface area contributed by atoms with Gasteiger partial charge in [0.05, 0.1) is 6.10 Å². The molecule has 0 amide bonds. The number of rotatable bonds is 2. The summed E-state index contributed by atoms with van der Waals surface area (Å²) in [5.74, 6) is 0.186. The molecule has 1 aromatic rings. The van der Waals surface area contributed by atoms with Crippen LogP contribution in [0, 0.1) is 11.7 Å². The average molecular weight is 258 g/mol. The van der Waals surface area contributed by atoms with Crippen LogP contribution in [0.1, 0.15) is 31.4 Å². The number of aliphatic hydroxyl groups excluding tert-OH is 1. The molecule has 1 unspecified atom stereocenters. The Kier molecular flexibility index (Phi) is 3.19. The second-order valence-corrected chi connectivity index (χ2v) is 5.37. The molecule has 2 aliphatic heterocycles. The number of hydrogen-bond donors (Lipinski definition) is 2. The zero-order chi connectivity index (χ0) is 11.3. The molecule has 1 aromatic carbocycles. The minimum absolute atomic E-state index is 0. The number of hydrogen-bond acceptors (Lipinski definition) is 2. The summed E-state index contributed by atoms with van der Waals surface area (Å²) < 4.78 is 13.5. The van der Waals surface area contributed by atoms with Gasteiger partial charge in [-0.05, 0) is 31.7 Å². The first-order valence-corrected chi connectivity index (χ1v) is 5.79. The number of halogens is 2. The molecule has 94 valence electrons. The van der Waals surface area contributed by atoms with Crippen LogP contribution < -0.4 is 5.32 Å². The van der Waals surface area contributed by atoms with E-state index in [0.29, 0.717) is 11.5 Å². The van der Waals surface area contributed by atoms with Gasteiger partial charge in [0.15, 0.2) is 0 Å². The maximum atomic E-state index is 13.5. The van der Waals surface area contributed by atoms with Gasteiger partial charge in [-0.25, -0.2) is 4.39 Å². The lowest BCUT2D eigenvalue weighted by molar-refractivity contribution is 0.118. The lowest BCUT2D eigenvalue weighted by Gasteiger charge is -2.33. The van der Waals surface area contributed by atoms with E-state index in [-0.39, 0.29) is 29.8 Å². The van der Waals surface area contributed by atoms with E-state index >= 15 is 0 Å². The minimum atomic E-state index is -0.726. The molecule has 2 heterocycles. The fraction of sp³-hybridized carbons (Fsp3) is 0.538. The molecule has 2 nitrogen and oxygen atoms in total. The summed E-state index contributed by atoms with van der Waals surface area (Å²) >= 11 is 0. The van der Waals surface area contributed by atoms with Crippen molar-refractivity contribution in [2.24, 2.45) is 5.92 Å². The summed E-state index contributed by atoms with van der Waals surface area (Å²) in [5, 5.41) is 13.6. The summed E-state index contributed by atoms with van der Waals surface area (Å²) in [5.41, 5.74) is 0.595. The highest BCUT2D eigenvalue weighted by Gasteiger charge is 2.54. The Labute approximate surface area is 107 Å². The second-order valence-electron chi connectivity index (χ2n) is 5.37. The highest BCUT2D eigenvalue weighted by molar-refractivity contribution is 5.85.